The molecule has 1 amide bonds. The molecule has 1 aliphatic rings. The van der Waals surface area contributed by atoms with Gasteiger partial charge in [0.05, 0.1) is 0 Å². The summed E-state index contributed by atoms with van der Waals surface area (Å²) in [5, 5.41) is 2.89. The molecule has 0 radical (unpaired) electrons. The third-order valence-corrected chi connectivity index (χ3v) is 5.37. The van der Waals surface area contributed by atoms with Crippen molar-refractivity contribution in [3.05, 3.63) is 58.4 Å². The first kappa shape index (κ1) is 20.9. The van der Waals surface area contributed by atoms with Crippen LogP contribution in [-0.2, 0) is 14.3 Å². The first-order chi connectivity index (χ1) is 13.8. The molecule has 0 spiro atoms. The van der Waals surface area contributed by atoms with Gasteiger partial charge in [-0.15, -0.1) is 0 Å². The van der Waals surface area contributed by atoms with Crippen molar-refractivity contribution < 1.29 is 14.3 Å². The lowest BCUT2D eigenvalue weighted by Gasteiger charge is -2.16. The highest BCUT2D eigenvalue weighted by atomic mass is 16.5. The van der Waals surface area contributed by atoms with E-state index in [0.29, 0.717) is 6.04 Å². The van der Waals surface area contributed by atoms with E-state index < -0.39 is 5.97 Å². The molecule has 3 rings (SSSR count). The maximum Gasteiger partial charge on any atom is 0.331 e. The Hall–Kier alpha value is -2.82. The van der Waals surface area contributed by atoms with Crippen molar-refractivity contribution in [2.45, 2.75) is 59.4 Å². The van der Waals surface area contributed by atoms with E-state index in [9.17, 15) is 9.59 Å². The van der Waals surface area contributed by atoms with Crippen molar-refractivity contribution in [3.63, 3.8) is 0 Å². The Kier molecular flexibility index (Phi) is 6.26. The van der Waals surface area contributed by atoms with Crippen LogP contribution < -0.4 is 5.32 Å². The fraction of sp³-hybridized carbons (Fsp3) is 0.417. The van der Waals surface area contributed by atoms with Crippen molar-refractivity contribution in [2.24, 2.45) is 0 Å². The van der Waals surface area contributed by atoms with Gasteiger partial charge in [-0.1, -0.05) is 32.0 Å². The van der Waals surface area contributed by atoms with E-state index in [-0.39, 0.29) is 18.4 Å². The second-order valence-electron chi connectivity index (χ2n) is 8.11. The second-order valence-corrected chi connectivity index (χ2v) is 8.11. The van der Waals surface area contributed by atoms with Gasteiger partial charge >= 0.3 is 5.97 Å². The first-order valence-corrected chi connectivity index (χ1v) is 10.2. The van der Waals surface area contributed by atoms with Crippen LogP contribution in [0.15, 0.2) is 30.3 Å². The summed E-state index contributed by atoms with van der Waals surface area (Å²) < 4.78 is 7.46. The summed E-state index contributed by atoms with van der Waals surface area (Å²) >= 11 is 0. The lowest BCUT2D eigenvalue weighted by molar-refractivity contribution is -0.142. The molecule has 1 fully saturated rings. The minimum Gasteiger partial charge on any atom is -0.452 e. The summed E-state index contributed by atoms with van der Waals surface area (Å²) in [4.78, 5) is 24.4. The van der Waals surface area contributed by atoms with Crippen molar-refractivity contribution >= 4 is 23.6 Å². The topological polar surface area (TPSA) is 60.3 Å². The zero-order valence-corrected chi connectivity index (χ0v) is 17.9. The number of aryl methyl sites for hydroxylation is 2. The summed E-state index contributed by atoms with van der Waals surface area (Å²) in [6.07, 6.45) is 5.59. The Morgan fingerprint density at radius 2 is 1.97 bits per heavy atom. The standard InChI is InChI=1S/C24H30N2O3/c1-15(2)21-8-6-7-16(3)24(21)25-22(27)14-29-23(28)12-9-19-13-17(4)26(18(19)5)20-10-11-20/h6-9,12-13,15,20H,10-11,14H2,1-5H3,(H,25,27)/b12-9+. The SMILES string of the molecule is Cc1cccc(C(C)C)c1NC(=O)COC(=O)/C=C/c1cc(C)n(C2CC2)c1C. The number of hydrogen-bond donors (Lipinski definition) is 1. The fourth-order valence-electron chi connectivity index (χ4n) is 3.73. The van der Waals surface area contributed by atoms with Gasteiger partial charge in [-0.05, 0) is 68.4 Å². The van der Waals surface area contributed by atoms with E-state index in [1.807, 2.05) is 25.1 Å². The maximum absolute atomic E-state index is 12.3. The molecule has 1 aromatic carbocycles. The number of rotatable bonds is 7. The summed E-state index contributed by atoms with van der Waals surface area (Å²) in [6.45, 7) is 9.95. The Bertz CT molecular complexity index is 949. The van der Waals surface area contributed by atoms with Crippen LogP contribution in [0.1, 0.15) is 66.7 Å². The van der Waals surface area contributed by atoms with Gasteiger partial charge in [-0.25, -0.2) is 4.79 Å². The molecule has 1 aliphatic carbocycles. The molecule has 0 unspecified atom stereocenters. The van der Waals surface area contributed by atoms with E-state index in [1.165, 1.54) is 24.6 Å². The third kappa shape index (κ3) is 4.97. The van der Waals surface area contributed by atoms with Crippen LogP contribution in [-0.4, -0.2) is 23.1 Å². The predicted octanol–water partition coefficient (Wildman–Crippen LogP) is 5.07. The minimum absolute atomic E-state index is 0.283. The molecule has 0 atom stereocenters. The molecular formula is C24H30N2O3. The van der Waals surface area contributed by atoms with Gasteiger partial charge in [-0.2, -0.15) is 0 Å². The van der Waals surface area contributed by atoms with E-state index in [0.717, 1.165) is 28.1 Å². The van der Waals surface area contributed by atoms with E-state index in [1.54, 1.807) is 6.08 Å². The highest BCUT2D eigenvalue weighted by molar-refractivity contribution is 5.95. The summed E-state index contributed by atoms with van der Waals surface area (Å²) in [5.74, 6) is -0.578. The smallest absolute Gasteiger partial charge is 0.331 e. The fourth-order valence-corrected chi connectivity index (χ4v) is 3.73. The average Bonchev–Trinajstić information content (AvgIpc) is 3.45. The average molecular weight is 395 g/mol. The maximum atomic E-state index is 12.3. The summed E-state index contributed by atoms with van der Waals surface area (Å²) in [5.41, 5.74) is 6.23. The molecule has 29 heavy (non-hydrogen) atoms. The minimum atomic E-state index is -0.523. The largest absolute Gasteiger partial charge is 0.452 e. The number of carbonyl (C=O) groups is 2. The normalized spacial score (nSPS) is 13.9. The molecule has 0 saturated heterocycles. The van der Waals surface area contributed by atoms with Gasteiger partial charge in [0.25, 0.3) is 5.91 Å². The molecule has 5 nitrogen and oxygen atoms in total. The second kappa shape index (κ2) is 8.68. The van der Waals surface area contributed by atoms with Gasteiger partial charge in [0.1, 0.15) is 0 Å². The first-order valence-electron chi connectivity index (χ1n) is 10.2. The Morgan fingerprint density at radius 3 is 2.62 bits per heavy atom. The monoisotopic (exact) mass is 394 g/mol. The van der Waals surface area contributed by atoms with Crippen LogP contribution in [0.5, 0.6) is 0 Å². The number of nitrogens with zero attached hydrogens (tertiary/aromatic N) is 1. The highest BCUT2D eigenvalue weighted by Gasteiger charge is 2.26. The zero-order chi connectivity index (χ0) is 21.1. The van der Waals surface area contributed by atoms with E-state index in [4.69, 9.17) is 4.74 Å². The molecule has 1 saturated carbocycles. The van der Waals surface area contributed by atoms with Gasteiger partial charge in [0, 0.05) is 29.2 Å². The Morgan fingerprint density at radius 1 is 1.24 bits per heavy atom. The number of hydrogen-bond acceptors (Lipinski definition) is 3. The van der Waals surface area contributed by atoms with Crippen molar-refractivity contribution in [1.29, 1.82) is 0 Å². The lowest BCUT2D eigenvalue weighted by Crippen LogP contribution is -2.21. The number of amides is 1. The molecular weight excluding hydrogens is 364 g/mol. The molecule has 5 heteroatoms. The summed E-state index contributed by atoms with van der Waals surface area (Å²) in [6, 6.07) is 8.61. The molecule has 0 aliphatic heterocycles. The molecule has 1 heterocycles. The van der Waals surface area contributed by atoms with Crippen molar-refractivity contribution in [3.8, 4) is 0 Å². The van der Waals surface area contributed by atoms with Crippen LogP contribution in [0, 0.1) is 20.8 Å². The Balaban J connectivity index is 1.57. The van der Waals surface area contributed by atoms with Crippen LogP contribution in [0.25, 0.3) is 6.08 Å². The van der Waals surface area contributed by atoms with Gasteiger partial charge in [0.15, 0.2) is 6.61 Å². The van der Waals surface area contributed by atoms with Crippen molar-refractivity contribution in [2.75, 3.05) is 11.9 Å². The molecule has 154 valence electrons. The Labute approximate surface area is 172 Å². The molecule has 1 N–H and O–H groups in total. The van der Waals surface area contributed by atoms with Gasteiger partial charge in [-0.3, -0.25) is 4.79 Å². The van der Waals surface area contributed by atoms with Crippen molar-refractivity contribution in [1.82, 2.24) is 4.57 Å². The number of para-hydroxylation sites is 1. The number of benzene rings is 1. The van der Waals surface area contributed by atoms with E-state index >= 15 is 0 Å². The number of esters is 1. The number of carbonyl (C=O) groups excluding carboxylic acids is 2. The number of aromatic nitrogens is 1. The lowest BCUT2D eigenvalue weighted by atomic mass is 9.98. The predicted molar refractivity (Wildman–Crippen MR) is 116 cm³/mol. The molecule has 1 aromatic heterocycles. The number of ether oxygens (including phenoxy) is 1. The van der Waals surface area contributed by atoms with Gasteiger partial charge < -0.3 is 14.6 Å². The number of nitrogens with one attached hydrogen (secondary N) is 1. The van der Waals surface area contributed by atoms with Crippen LogP contribution in [0.4, 0.5) is 5.69 Å². The molecule has 2 aromatic rings. The zero-order valence-electron chi connectivity index (χ0n) is 17.9. The van der Waals surface area contributed by atoms with Crippen LogP contribution in [0.2, 0.25) is 0 Å². The van der Waals surface area contributed by atoms with Gasteiger partial charge in [0.2, 0.25) is 0 Å². The van der Waals surface area contributed by atoms with Crippen LogP contribution in [0.3, 0.4) is 0 Å². The third-order valence-electron chi connectivity index (χ3n) is 5.37. The molecule has 0 bridgehead atoms. The van der Waals surface area contributed by atoms with E-state index in [2.05, 4.69) is 43.6 Å². The van der Waals surface area contributed by atoms with Crippen LogP contribution >= 0.6 is 0 Å². The number of anilines is 1. The highest BCUT2D eigenvalue weighted by Crippen LogP contribution is 2.38. The summed E-state index contributed by atoms with van der Waals surface area (Å²) in [7, 11) is 0. The quantitative estimate of drug-likeness (QED) is 0.527.